The summed E-state index contributed by atoms with van der Waals surface area (Å²) in [6.07, 6.45) is 5.45. The van der Waals surface area contributed by atoms with E-state index in [0.29, 0.717) is 11.9 Å². The fourth-order valence-electron chi connectivity index (χ4n) is 2.62. The van der Waals surface area contributed by atoms with Crippen molar-refractivity contribution in [2.45, 2.75) is 44.8 Å². The normalized spacial score (nSPS) is 17.4. The van der Waals surface area contributed by atoms with Gasteiger partial charge >= 0.3 is 0 Å². The van der Waals surface area contributed by atoms with Crippen molar-refractivity contribution in [1.29, 1.82) is 0 Å². The van der Waals surface area contributed by atoms with Gasteiger partial charge in [-0.3, -0.25) is 0 Å². The molecule has 1 atom stereocenters. The Hall–Kier alpha value is -1.13. The molecule has 1 saturated carbocycles. The number of ether oxygens (including phenoxy) is 2. The first-order chi connectivity index (χ1) is 9.70. The molecule has 0 aliphatic heterocycles. The van der Waals surface area contributed by atoms with Crippen molar-refractivity contribution in [2.24, 2.45) is 0 Å². The van der Waals surface area contributed by atoms with Crippen molar-refractivity contribution >= 4 is 0 Å². The van der Waals surface area contributed by atoms with Crippen molar-refractivity contribution < 1.29 is 13.9 Å². The highest BCUT2D eigenvalue weighted by atomic mass is 19.1. The van der Waals surface area contributed by atoms with Crippen LogP contribution in [-0.4, -0.2) is 26.4 Å². The Morgan fingerprint density at radius 1 is 1.35 bits per heavy atom. The largest absolute Gasteiger partial charge is 0.494 e. The summed E-state index contributed by atoms with van der Waals surface area (Å²) in [6.45, 7) is 3.59. The number of hydrogen-bond donors (Lipinski definition) is 1. The summed E-state index contributed by atoms with van der Waals surface area (Å²) >= 11 is 0. The smallest absolute Gasteiger partial charge is 0.165 e. The average molecular weight is 281 g/mol. The van der Waals surface area contributed by atoms with Crippen LogP contribution >= 0.6 is 0 Å². The highest BCUT2D eigenvalue weighted by Crippen LogP contribution is 2.23. The highest BCUT2D eigenvalue weighted by molar-refractivity contribution is 5.31. The molecule has 20 heavy (non-hydrogen) atoms. The van der Waals surface area contributed by atoms with Crippen LogP contribution in [0.5, 0.6) is 5.75 Å². The molecule has 1 unspecified atom stereocenters. The summed E-state index contributed by atoms with van der Waals surface area (Å²) < 4.78 is 24.2. The first-order valence-electron chi connectivity index (χ1n) is 7.39. The van der Waals surface area contributed by atoms with Crippen molar-refractivity contribution in [3.05, 3.63) is 29.6 Å². The number of nitrogens with one attached hydrogen (secondary N) is 1. The zero-order valence-electron chi connectivity index (χ0n) is 12.3. The SMILES string of the molecule is COc1cc(C(C)NCCOC2CCCC2)ccc1F. The third-order valence-electron chi connectivity index (χ3n) is 3.88. The van der Waals surface area contributed by atoms with E-state index in [2.05, 4.69) is 12.2 Å². The van der Waals surface area contributed by atoms with Gasteiger partial charge in [0.2, 0.25) is 0 Å². The van der Waals surface area contributed by atoms with E-state index in [1.807, 2.05) is 0 Å². The van der Waals surface area contributed by atoms with Gasteiger partial charge in [0.15, 0.2) is 11.6 Å². The number of benzene rings is 1. The maximum atomic E-state index is 13.3. The maximum absolute atomic E-state index is 13.3. The lowest BCUT2D eigenvalue weighted by Gasteiger charge is -2.17. The minimum absolute atomic E-state index is 0.150. The molecule has 3 nitrogen and oxygen atoms in total. The van der Waals surface area contributed by atoms with E-state index in [9.17, 15) is 4.39 Å². The Labute approximate surface area is 120 Å². The predicted octanol–water partition coefficient (Wildman–Crippen LogP) is 3.44. The van der Waals surface area contributed by atoms with E-state index in [-0.39, 0.29) is 11.9 Å². The summed E-state index contributed by atoms with van der Waals surface area (Å²) in [4.78, 5) is 0. The van der Waals surface area contributed by atoms with Crippen LogP contribution in [0.15, 0.2) is 18.2 Å². The Kier molecular flexibility index (Phi) is 5.80. The molecule has 0 bridgehead atoms. The lowest BCUT2D eigenvalue weighted by Crippen LogP contribution is -2.25. The zero-order valence-corrected chi connectivity index (χ0v) is 12.3. The van der Waals surface area contributed by atoms with Crippen LogP contribution in [0.3, 0.4) is 0 Å². The van der Waals surface area contributed by atoms with Crippen LogP contribution in [-0.2, 0) is 4.74 Å². The Bertz CT molecular complexity index is 419. The van der Waals surface area contributed by atoms with Crippen LogP contribution in [0.25, 0.3) is 0 Å². The number of hydrogen-bond acceptors (Lipinski definition) is 3. The third-order valence-corrected chi connectivity index (χ3v) is 3.88. The van der Waals surface area contributed by atoms with Gasteiger partial charge in [0, 0.05) is 12.6 Å². The molecule has 0 saturated heterocycles. The average Bonchev–Trinajstić information content (AvgIpc) is 2.97. The van der Waals surface area contributed by atoms with E-state index in [4.69, 9.17) is 9.47 Å². The number of halogens is 1. The second-order valence-corrected chi connectivity index (χ2v) is 5.35. The monoisotopic (exact) mass is 281 g/mol. The summed E-state index contributed by atoms with van der Waals surface area (Å²) in [5, 5.41) is 3.39. The van der Waals surface area contributed by atoms with Crippen LogP contribution in [0.1, 0.15) is 44.2 Å². The molecule has 2 rings (SSSR count). The quantitative estimate of drug-likeness (QED) is 0.777. The van der Waals surface area contributed by atoms with Gasteiger partial charge in [0.05, 0.1) is 19.8 Å². The van der Waals surface area contributed by atoms with Gasteiger partial charge in [0.1, 0.15) is 0 Å². The van der Waals surface area contributed by atoms with E-state index >= 15 is 0 Å². The lowest BCUT2D eigenvalue weighted by atomic mass is 10.1. The molecular weight excluding hydrogens is 257 g/mol. The molecule has 1 N–H and O–H groups in total. The lowest BCUT2D eigenvalue weighted by molar-refractivity contribution is 0.0593. The Balaban J connectivity index is 1.74. The van der Waals surface area contributed by atoms with Crippen LogP contribution in [0.4, 0.5) is 4.39 Å². The van der Waals surface area contributed by atoms with Crippen molar-refractivity contribution in [2.75, 3.05) is 20.3 Å². The van der Waals surface area contributed by atoms with Crippen molar-refractivity contribution in [3.63, 3.8) is 0 Å². The first-order valence-corrected chi connectivity index (χ1v) is 7.39. The van der Waals surface area contributed by atoms with Gasteiger partial charge in [-0.1, -0.05) is 18.9 Å². The van der Waals surface area contributed by atoms with Gasteiger partial charge in [-0.25, -0.2) is 4.39 Å². The van der Waals surface area contributed by atoms with Gasteiger partial charge in [0.25, 0.3) is 0 Å². The minimum Gasteiger partial charge on any atom is -0.494 e. The van der Waals surface area contributed by atoms with Gasteiger partial charge in [-0.2, -0.15) is 0 Å². The molecule has 0 aromatic heterocycles. The topological polar surface area (TPSA) is 30.5 Å². The van der Waals surface area contributed by atoms with Gasteiger partial charge in [-0.15, -0.1) is 0 Å². The second-order valence-electron chi connectivity index (χ2n) is 5.35. The highest BCUT2D eigenvalue weighted by Gasteiger charge is 2.15. The summed E-state index contributed by atoms with van der Waals surface area (Å²) in [5.74, 6) is -0.0358. The number of methoxy groups -OCH3 is 1. The molecule has 1 aromatic rings. The standard InChI is InChI=1S/C16H24FNO2/c1-12(13-7-8-15(17)16(11-13)19-2)18-9-10-20-14-5-3-4-6-14/h7-8,11-12,14,18H,3-6,9-10H2,1-2H3. The fourth-order valence-corrected chi connectivity index (χ4v) is 2.62. The first kappa shape index (κ1) is 15.3. The molecule has 1 fully saturated rings. The van der Waals surface area contributed by atoms with Gasteiger partial charge in [-0.05, 0) is 37.5 Å². The fraction of sp³-hybridized carbons (Fsp3) is 0.625. The van der Waals surface area contributed by atoms with E-state index in [0.717, 1.165) is 18.7 Å². The molecule has 1 aromatic carbocycles. The number of rotatable bonds is 7. The Morgan fingerprint density at radius 2 is 2.10 bits per heavy atom. The molecule has 0 amide bonds. The third kappa shape index (κ3) is 4.18. The molecule has 0 radical (unpaired) electrons. The zero-order chi connectivity index (χ0) is 14.4. The van der Waals surface area contributed by atoms with Crippen LogP contribution < -0.4 is 10.1 Å². The van der Waals surface area contributed by atoms with Crippen molar-refractivity contribution in [1.82, 2.24) is 5.32 Å². The molecule has 4 heteroatoms. The second kappa shape index (κ2) is 7.60. The van der Waals surface area contributed by atoms with E-state index in [1.165, 1.54) is 38.9 Å². The Morgan fingerprint density at radius 3 is 2.80 bits per heavy atom. The van der Waals surface area contributed by atoms with Crippen LogP contribution in [0, 0.1) is 5.82 Å². The summed E-state index contributed by atoms with van der Waals surface area (Å²) in [6, 6.07) is 5.12. The van der Waals surface area contributed by atoms with Crippen LogP contribution in [0.2, 0.25) is 0 Å². The maximum Gasteiger partial charge on any atom is 0.165 e. The van der Waals surface area contributed by atoms with E-state index < -0.39 is 0 Å². The molecular formula is C16H24FNO2. The van der Waals surface area contributed by atoms with Crippen molar-refractivity contribution in [3.8, 4) is 5.75 Å². The molecule has 0 spiro atoms. The summed E-state index contributed by atoms with van der Waals surface area (Å²) in [5.41, 5.74) is 1.02. The predicted molar refractivity (Wildman–Crippen MR) is 77.6 cm³/mol. The molecule has 1 aliphatic rings. The molecule has 0 heterocycles. The minimum atomic E-state index is -0.326. The summed E-state index contributed by atoms with van der Waals surface area (Å²) in [7, 11) is 1.48. The molecule has 1 aliphatic carbocycles. The van der Waals surface area contributed by atoms with E-state index in [1.54, 1.807) is 12.1 Å². The molecule has 112 valence electrons. The van der Waals surface area contributed by atoms with Gasteiger partial charge < -0.3 is 14.8 Å².